The van der Waals surface area contributed by atoms with Gasteiger partial charge in [-0.05, 0) is 12.3 Å². The summed E-state index contributed by atoms with van der Waals surface area (Å²) in [6.07, 6.45) is 0.393. The predicted molar refractivity (Wildman–Crippen MR) is 45.3 cm³/mol. The first-order valence-electron chi connectivity index (χ1n) is 4.41. The van der Waals surface area contributed by atoms with E-state index in [-0.39, 0.29) is 5.92 Å². The zero-order valence-corrected chi connectivity index (χ0v) is 7.38. The van der Waals surface area contributed by atoms with Crippen molar-refractivity contribution in [1.29, 1.82) is 0 Å². The molecule has 6 nitrogen and oxygen atoms in total. The highest BCUT2D eigenvalue weighted by atomic mass is 16.4. The monoisotopic (exact) mass is 200 g/mol. The van der Waals surface area contributed by atoms with Crippen molar-refractivity contribution in [1.82, 2.24) is 0 Å². The molecule has 14 heavy (non-hydrogen) atoms. The van der Waals surface area contributed by atoms with Crippen LogP contribution in [0, 0.1) is 17.8 Å². The Morgan fingerprint density at radius 3 is 2.36 bits per heavy atom. The standard InChI is InChI=1S/C8H12N2O4/c9-3-1-2-4(6(11)12)5(2)8(3,10)7(13)14/h2-5H,1,9-10H2,(H,11,12)(H,13,14)/t2-,3-,4-,5-,8-/m0/s1. The van der Waals surface area contributed by atoms with E-state index in [1.54, 1.807) is 0 Å². The summed E-state index contributed by atoms with van der Waals surface area (Å²) in [6.45, 7) is 0. The summed E-state index contributed by atoms with van der Waals surface area (Å²) in [7, 11) is 0. The maximum Gasteiger partial charge on any atom is 0.325 e. The molecule has 0 aromatic carbocycles. The molecule has 0 unspecified atom stereocenters. The summed E-state index contributed by atoms with van der Waals surface area (Å²) in [5, 5.41) is 17.7. The zero-order chi connectivity index (χ0) is 10.7. The number of rotatable bonds is 2. The lowest BCUT2D eigenvalue weighted by molar-refractivity contribution is -0.145. The first-order chi connectivity index (χ1) is 6.40. The first kappa shape index (κ1) is 9.42. The molecule has 0 heterocycles. The van der Waals surface area contributed by atoms with Crippen molar-refractivity contribution in [3.8, 4) is 0 Å². The van der Waals surface area contributed by atoms with Gasteiger partial charge in [-0.15, -0.1) is 0 Å². The second-order valence-electron chi connectivity index (χ2n) is 4.13. The van der Waals surface area contributed by atoms with Gasteiger partial charge in [0.05, 0.1) is 5.92 Å². The van der Waals surface area contributed by atoms with Crippen LogP contribution < -0.4 is 11.5 Å². The van der Waals surface area contributed by atoms with E-state index in [4.69, 9.17) is 21.7 Å². The fourth-order valence-corrected chi connectivity index (χ4v) is 2.69. The number of fused-ring (bicyclic) bond motifs is 1. The fourth-order valence-electron chi connectivity index (χ4n) is 2.69. The van der Waals surface area contributed by atoms with Crippen LogP contribution in [0.5, 0.6) is 0 Å². The van der Waals surface area contributed by atoms with Gasteiger partial charge in [-0.2, -0.15) is 0 Å². The van der Waals surface area contributed by atoms with E-state index in [1.807, 2.05) is 0 Å². The third-order valence-electron chi connectivity index (χ3n) is 3.52. The Balaban J connectivity index is 2.26. The molecule has 0 amide bonds. The summed E-state index contributed by atoms with van der Waals surface area (Å²) < 4.78 is 0. The predicted octanol–water partition coefficient (Wildman–Crippen LogP) is -1.55. The molecule has 6 heteroatoms. The Morgan fingerprint density at radius 2 is 1.93 bits per heavy atom. The second-order valence-corrected chi connectivity index (χ2v) is 4.13. The molecule has 0 aromatic rings. The van der Waals surface area contributed by atoms with Crippen molar-refractivity contribution < 1.29 is 19.8 Å². The van der Waals surface area contributed by atoms with Gasteiger partial charge in [0.25, 0.3) is 0 Å². The molecule has 2 aliphatic rings. The van der Waals surface area contributed by atoms with E-state index in [9.17, 15) is 9.59 Å². The number of aliphatic carboxylic acids is 2. The van der Waals surface area contributed by atoms with Gasteiger partial charge in [0.2, 0.25) is 0 Å². The third kappa shape index (κ3) is 0.869. The van der Waals surface area contributed by atoms with Gasteiger partial charge in [0.1, 0.15) is 5.54 Å². The summed E-state index contributed by atoms with van der Waals surface area (Å²) in [5.74, 6) is -3.42. The Labute approximate surface area is 79.9 Å². The van der Waals surface area contributed by atoms with Gasteiger partial charge < -0.3 is 21.7 Å². The van der Waals surface area contributed by atoms with Crippen LogP contribution in [0.3, 0.4) is 0 Å². The SMILES string of the molecule is N[C@H]1C[C@H]2[C@H](C(=O)O)[C@H]2[C@]1(N)C(=O)O. The van der Waals surface area contributed by atoms with Crippen molar-refractivity contribution >= 4 is 11.9 Å². The van der Waals surface area contributed by atoms with Crippen molar-refractivity contribution in [2.45, 2.75) is 18.0 Å². The molecule has 0 saturated heterocycles. The van der Waals surface area contributed by atoms with E-state index >= 15 is 0 Å². The smallest absolute Gasteiger partial charge is 0.325 e. The molecule has 5 atom stereocenters. The topological polar surface area (TPSA) is 127 Å². The molecule has 0 spiro atoms. The van der Waals surface area contributed by atoms with E-state index in [1.165, 1.54) is 0 Å². The summed E-state index contributed by atoms with van der Waals surface area (Å²) in [5.41, 5.74) is 9.72. The second kappa shape index (κ2) is 2.46. The zero-order valence-electron chi connectivity index (χ0n) is 7.38. The van der Waals surface area contributed by atoms with Crippen molar-refractivity contribution in [2.75, 3.05) is 0 Å². The minimum absolute atomic E-state index is 0.149. The fraction of sp³-hybridized carbons (Fsp3) is 0.750. The minimum atomic E-state index is -1.55. The van der Waals surface area contributed by atoms with Crippen LogP contribution in [0.1, 0.15) is 6.42 Å². The van der Waals surface area contributed by atoms with Crippen molar-refractivity contribution in [3.05, 3.63) is 0 Å². The summed E-state index contributed by atoms with van der Waals surface area (Å²) in [4.78, 5) is 21.6. The Morgan fingerprint density at radius 1 is 1.36 bits per heavy atom. The maximum atomic E-state index is 10.9. The lowest BCUT2D eigenvalue weighted by Gasteiger charge is -2.27. The lowest BCUT2D eigenvalue weighted by atomic mass is 9.87. The molecule has 0 aromatic heterocycles. The minimum Gasteiger partial charge on any atom is -0.481 e. The molecule has 2 fully saturated rings. The molecule has 2 aliphatic carbocycles. The van der Waals surface area contributed by atoms with Crippen LogP contribution >= 0.6 is 0 Å². The molecule has 78 valence electrons. The molecule has 0 radical (unpaired) electrons. The summed E-state index contributed by atoms with van der Waals surface area (Å²) in [6, 6.07) is -0.634. The highest BCUT2D eigenvalue weighted by Crippen LogP contribution is 2.60. The number of carbonyl (C=O) groups is 2. The number of hydrogen-bond donors (Lipinski definition) is 4. The van der Waals surface area contributed by atoms with E-state index in [0.717, 1.165) is 0 Å². The van der Waals surface area contributed by atoms with Crippen LogP contribution in [-0.4, -0.2) is 33.7 Å². The van der Waals surface area contributed by atoms with Crippen LogP contribution in [0.4, 0.5) is 0 Å². The molecule has 0 bridgehead atoms. The number of carboxylic acids is 2. The van der Waals surface area contributed by atoms with E-state index in [2.05, 4.69) is 0 Å². The van der Waals surface area contributed by atoms with Gasteiger partial charge >= 0.3 is 11.9 Å². The van der Waals surface area contributed by atoms with Crippen LogP contribution in [-0.2, 0) is 9.59 Å². The van der Waals surface area contributed by atoms with E-state index in [0.29, 0.717) is 6.42 Å². The molecule has 0 aliphatic heterocycles. The average molecular weight is 200 g/mol. The normalized spacial score (nSPS) is 49.9. The van der Waals surface area contributed by atoms with Crippen LogP contribution in [0.25, 0.3) is 0 Å². The lowest BCUT2D eigenvalue weighted by Crippen LogP contribution is -2.61. The van der Waals surface area contributed by atoms with Crippen LogP contribution in [0.2, 0.25) is 0 Å². The third-order valence-corrected chi connectivity index (χ3v) is 3.52. The molecular formula is C8H12N2O4. The molecular weight excluding hydrogens is 188 g/mol. The van der Waals surface area contributed by atoms with Crippen molar-refractivity contribution in [2.24, 2.45) is 29.2 Å². The highest BCUT2D eigenvalue weighted by Gasteiger charge is 2.73. The van der Waals surface area contributed by atoms with Gasteiger partial charge in [0, 0.05) is 12.0 Å². The van der Waals surface area contributed by atoms with Gasteiger partial charge in [-0.3, -0.25) is 9.59 Å². The Kier molecular flexibility index (Phi) is 1.65. The number of nitrogens with two attached hydrogens (primary N) is 2. The Bertz CT molecular complexity index is 318. The molecule has 2 rings (SSSR count). The first-order valence-corrected chi connectivity index (χ1v) is 4.41. The number of hydrogen-bond acceptors (Lipinski definition) is 4. The molecule has 6 N–H and O–H groups in total. The van der Waals surface area contributed by atoms with Crippen LogP contribution in [0.15, 0.2) is 0 Å². The van der Waals surface area contributed by atoms with Gasteiger partial charge in [-0.1, -0.05) is 0 Å². The number of carboxylic acid groups (broad SMARTS) is 2. The Hall–Kier alpha value is -1.14. The molecule has 2 saturated carbocycles. The quantitative estimate of drug-likeness (QED) is 0.427. The largest absolute Gasteiger partial charge is 0.481 e. The maximum absolute atomic E-state index is 10.9. The van der Waals surface area contributed by atoms with E-state index < -0.39 is 35.4 Å². The summed E-state index contributed by atoms with van der Waals surface area (Å²) >= 11 is 0. The highest BCUT2D eigenvalue weighted by molar-refractivity contribution is 5.86. The average Bonchev–Trinajstić information content (AvgIpc) is 2.70. The van der Waals surface area contributed by atoms with Gasteiger partial charge in [-0.25, -0.2) is 0 Å². The van der Waals surface area contributed by atoms with Crippen molar-refractivity contribution in [3.63, 3.8) is 0 Å². The van der Waals surface area contributed by atoms with Gasteiger partial charge in [0.15, 0.2) is 0 Å².